The van der Waals surface area contributed by atoms with Crippen LogP contribution in [0.1, 0.15) is 31.8 Å². The van der Waals surface area contributed by atoms with Gasteiger partial charge in [-0.15, -0.1) is 0 Å². The molecule has 0 saturated heterocycles. The van der Waals surface area contributed by atoms with Crippen molar-refractivity contribution in [1.29, 1.82) is 0 Å². The molecule has 8 heteroatoms. The van der Waals surface area contributed by atoms with Crippen LogP contribution in [-0.2, 0) is 0 Å². The number of aromatic nitrogens is 1. The van der Waals surface area contributed by atoms with Gasteiger partial charge in [-0.2, -0.15) is 0 Å². The molecule has 2 aliphatic heterocycles. The number of hydrogen-bond donors (Lipinski definition) is 4. The Morgan fingerprint density at radius 2 is 1.41 bits per heavy atom. The van der Waals surface area contributed by atoms with Crippen molar-refractivity contribution >= 4 is 46.1 Å². The zero-order valence-electron chi connectivity index (χ0n) is 20.7. The minimum absolute atomic E-state index is 0.260. The molecule has 2 amide bonds. The predicted octanol–water partition coefficient (Wildman–Crippen LogP) is 6.27. The third-order valence-corrected chi connectivity index (χ3v) is 6.16. The molecule has 0 aliphatic carbocycles. The molecule has 3 aromatic rings. The largest absolute Gasteiger partial charge is 0.368 e. The van der Waals surface area contributed by atoms with Crippen molar-refractivity contribution in [2.24, 2.45) is 0 Å². The van der Waals surface area contributed by atoms with Crippen molar-refractivity contribution in [2.45, 2.75) is 0 Å². The zero-order chi connectivity index (χ0) is 27.0. The quantitative estimate of drug-likeness (QED) is 0.300. The number of benzene rings is 2. The summed E-state index contributed by atoms with van der Waals surface area (Å²) >= 11 is 5.97. The standard InChI is InChI=1S/C31H24ClN5O2/c32-24-10-13-27(35-20-24)37-31(39)25-11-12-26(36-30(38)23-6-2-1-3-7-23)29(22-9-5-17-34-19-15-22)28(25)21-8-4-16-33-18-14-21/h1-20,33-34H,(H,36,38)(H,35,37,39). The Hall–Kier alpha value is -5.14. The molecule has 0 bridgehead atoms. The maximum Gasteiger partial charge on any atom is 0.257 e. The fourth-order valence-corrected chi connectivity index (χ4v) is 4.27. The lowest BCUT2D eigenvalue weighted by Gasteiger charge is -2.21. The number of anilines is 2. The molecule has 3 heterocycles. The summed E-state index contributed by atoms with van der Waals surface area (Å²) in [6.45, 7) is 0. The Kier molecular flexibility index (Phi) is 7.81. The molecule has 4 N–H and O–H groups in total. The van der Waals surface area contributed by atoms with E-state index in [1.807, 2.05) is 54.7 Å². The fourth-order valence-electron chi connectivity index (χ4n) is 4.16. The molecule has 0 saturated carbocycles. The number of halogens is 1. The third-order valence-electron chi connectivity index (χ3n) is 5.94. The van der Waals surface area contributed by atoms with Crippen LogP contribution in [0.4, 0.5) is 11.5 Å². The minimum atomic E-state index is -0.357. The number of pyridine rings is 1. The molecule has 5 rings (SSSR count). The smallest absolute Gasteiger partial charge is 0.257 e. The number of allylic oxidation sites excluding steroid dienone is 8. The SMILES string of the molecule is O=C(Nc1ccc(C(=O)Nc2ccc(Cl)cn2)c(C2=CC=CNC=C2)c1C1=CC=CNC=C1)c1ccccc1. The Morgan fingerprint density at radius 1 is 0.718 bits per heavy atom. The zero-order valence-corrected chi connectivity index (χ0v) is 21.4. The summed E-state index contributed by atoms with van der Waals surface area (Å²) in [4.78, 5) is 31.1. The summed E-state index contributed by atoms with van der Waals surface area (Å²) in [7, 11) is 0. The van der Waals surface area contributed by atoms with Crippen molar-refractivity contribution in [1.82, 2.24) is 15.6 Å². The van der Waals surface area contributed by atoms with Gasteiger partial charge in [0.1, 0.15) is 5.82 Å². The van der Waals surface area contributed by atoms with E-state index in [4.69, 9.17) is 11.6 Å². The number of nitrogens with zero attached hydrogens (tertiary/aromatic N) is 1. The number of carbonyl (C=O) groups excluding carboxylic acids is 2. The molecular weight excluding hydrogens is 510 g/mol. The van der Waals surface area contributed by atoms with Gasteiger partial charge >= 0.3 is 0 Å². The summed E-state index contributed by atoms with van der Waals surface area (Å²) in [6, 6.07) is 15.7. The van der Waals surface area contributed by atoms with Crippen molar-refractivity contribution in [2.75, 3.05) is 10.6 Å². The van der Waals surface area contributed by atoms with E-state index in [-0.39, 0.29) is 11.8 Å². The monoisotopic (exact) mass is 533 g/mol. The van der Waals surface area contributed by atoms with Crippen LogP contribution in [0, 0.1) is 0 Å². The normalized spacial score (nSPS) is 13.8. The molecule has 192 valence electrons. The van der Waals surface area contributed by atoms with Gasteiger partial charge in [0, 0.05) is 58.9 Å². The van der Waals surface area contributed by atoms with Gasteiger partial charge in [-0.1, -0.05) is 42.0 Å². The minimum Gasteiger partial charge on any atom is -0.368 e. The first kappa shape index (κ1) is 25.5. The van der Waals surface area contributed by atoms with Gasteiger partial charge in [0.15, 0.2) is 0 Å². The fraction of sp³-hybridized carbons (Fsp3) is 0. The average molecular weight is 534 g/mol. The molecule has 0 radical (unpaired) electrons. The predicted molar refractivity (Wildman–Crippen MR) is 157 cm³/mol. The van der Waals surface area contributed by atoms with Crippen LogP contribution < -0.4 is 21.3 Å². The molecule has 2 aliphatic rings. The molecule has 0 atom stereocenters. The van der Waals surface area contributed by atoms with E-state index in [1.165, 1.54) is 6.20 Å². The van der Waals surface area contributed by atoms with Crippen LogP contribution in [0.2, 0.25) is 5.02 Å². The molecule has 0 unspecified atom stereocenters. The summed E-state index contributed by atoms with van der Waals surface area (Å²) in [6.07, 6.45) is 20.0. The Bertz CT molecular complexity index is 1580. The van der Waals surface area contributed by atoms with Crippen LogP contribution in [0.3, 0.4) is 0 Å². The number of hydrogen-bond acceptors (Lipinski definition) is 5. The number of nitrogens with one attached hydrogen (secondary N) is 4. The summed E-state index contributed by atoms with van der Waals surface area (Å²) < 4.78 is 0. The first-order valence-electron chi connectivity index (χ1n) is 12.2. The number of amides is 2. The summed E-state index contributed by atoms with van der Waals surface area (Å²) in [5.41, 5.74) is 4.38. The van der Waals surface area contributed by atoms with E-state index in [0.29, 0.717) is 38.8 Å². The lowest BCUT2D eigenvalue weighted by molar-refractivity contribution is 0.101. The highest BCUT2D eigenvalue weighted by atomic mass is 35.5. The maximum atomic E-state index is 13.7. The molecule has 2 aromatic carbocycles. The number of carbonyl (C=O) groups is 2. The second-order valence-corrected chi connectivity index (χ2v) is 8.95. The molecule has 0 spiro atoms. The Labute approximate surface area is 231 Å². The first-order valence-corrected chi connectivity index (χ1v) is 12.5. The van der Waals surface area contributed by atoms with Crippen LogP contribution in [0.25, 0.3) is 11.1 Å². The second kappa shape index (κ2) is 11.9. The van der Waals surface area contributed by atoms with Gasteiger partial charge in [0.2, 0.25) is 0 Å². The lowest BCUT2D eigenvalue weighted by Crippen LogP contribution is -2.18. The second-order valence-electron chi connectivity index (χ2n) is 8.51. The maximum absolute atomic E-state index is 13.7. The van der Waals surface area contributed by atoms with E-state index >= 15 is 0 Å². The summed E-state index contributed by atoms with van der Waals surface area (Å²) in [5, 5.41) is 12.5. The molecule has 7 nitrogen and oxygen atoms in total. The number of rotatable bonds is 6. The molecule has 39 heavy (non-hydrogen) atoms. The van der Waals surface area contributed by atoms with E-state index in [0.717, 1.165) is 11.1 Å². The van der Waals surface area contributed by atoms with Crippen LogP contribution in [-0.4, -0.2) is 16.8 Å². The lowest BCUT2D eigenvalue weighted by atomic mass is 9.87. The van der Waals surface area contributed by atoms with Crippen LogP contribution >= 0.6 is 11.6 Å². The third kappa shape index (κ3) is 6.06. The van der Waals surface area contributed by atoms with Crippen molar-refractivity contribution in [3.05, 3.63) is 149 Å². The van der Waals surface area contributed by atoms with Gasteiger partial charge in [-0.05, 0) is 71.8 Å². The van der Waals surface area contributed by atoms with E-state index < -0.39 is 0 Å². The molecule has 1 aromatic heterocycles. The van der Waals surface area contributed by atoms with E-state index in [2.05, 4.69) is 26.3 Å². The van der Waals surface area contributed by atoms with Crippen molar-refractivity contribution in [3.63, 3.8) is 0 Å². The highest BCUT2D eigenvalue weighted by molar-refractivity contribution is 6.30. The van der Waals surface area contributed by atoms with Crippen LogP contribution in [0.5, 0.6) is 0 Å². The van der Waals surface area contributed by atoms with E-state index in [1.54, 1.807) is 61.2 Å². The average Bonchev–Trinajstić information content (AvgIpc) is 3.40. The first-order chi connectivity index (χ1) is 19.1. The topological polar surface area (TPSA) is 95.2 Å². The van der Waals surface area contributed by atoms with Gasteiger partial charge in [-0.3, -0.25) is 9.59 Å². The van der Waals surface area contributed by atoms with Crippen LogP contribution in [0.15, 0.2) is 122 Å². The highest BCUT2D eigenvalue weighted by Gasteiger charge is 2.24. The molecule has 0 fully saturated rings. The van der Waals surface area contributed by atoms with Crippen molar-refractivity contribution in [3.8, 4) is 0 Å². The van der Waals surface area contributed by atoms with Gasteiger partial charge in [0.05, 0.1) is 5.02 Å². The molecular formula is C31H24ClN5O2. The van der Waals surface area contributed by atoms with E-state index in [9.17, 15) is 9.59 Å². The Morgan fingerprint density at radius 3 is 2.08 bits per heavy atom. The summed E-state index contributed by atoms with van der Waals surface area (Å²) in [5.74, 6) is -0.250. The Balaban J connectivity index is 1.69. The van der Waals surface area contributed by atoms with Gasteiger partial charge in [0.25, 0.3) is 11.8 Å². The van der Waals surface area contributed by atoms with Crippen molar-refractivity contribution < 1.29 is 9.59 Å². The van der Waals surface area contributed by atoms with Gasteiger partial charge in [-0.25, -0.2) is 4.98 Å². The van der Waals surface area contributed by atoms with Gasteiger partial charge < -0.3 is 21.3 Å². The highest BCUT2D eigenvalue weighted by Crippen LogP contribution is 2.37.